The molecule has 1 N–H and O–H groups in total. The fourth-order valence-corrected chi connectivity index (χ4v) is 2.04. The van der Waals surface area contributed by atoms with Crippen LogP contribution in [0.5, 0.6) is 0 Å². The Hall–Kier alpha value is -0.610. The van der Waals surface area contributed by atoms with Gasteiger partial charge in [-0.3, -0.25) is 4.90 Å². The number of ether oxygens (including phenoxy) is 1. The zero-order valence-electron chi connectivity index (χ0n) is 8.56. The number of halogens is 1. The molecule has 82 valence electrons. The lowest BCUT2D eigenvalue weighted by Gasteiger charge is -2.18. The number of rotatable bonds is 2. The van der Waals surface area contributed by atoms with Crippen LogP contribution in [0.25, 0.3) is 0 Å². The normalized spacial score (nSPS) is 27.1. The van der Waals surface area contributed by atoms with Crippen LogP contribution in [0, 0.1) is 0 Å². The topological polar surface area (TPSA) is 32.7 Å². The van der Waals surface area contributed by atoms with Crippen LogP contribution in [0.1, 0.15) is 11.8 Å². The van der Waals surface area contributed by atoms with Crippen LogP contribution in [0.2, 0.25) is 5.02 Å². The third-order valence-corrected chi connectivity index (χ3v) is 2.79. The minimum absolute atomic E-state index is 0.0570. The predicted molar refractivity (Wildman–Crippen MR) is 58.8 cm³/mol. The first kappa shape index (κ1) is 10.9. The van der Waals surface area contributed by atoms with Crippen molar-refractivity contribution in [3.8, 4) is 0 Å². The highest BCUT2D eigenvalue weighted by Gasteiger charge is 2.30. The molecule has 1 saturated heterocycles. The highest BCUT2D eigenvalue weighted by Crippen LogP contribution is 2.29. The van der Waals surface area contributed by atoms with E-state index < -0.39 is 0 Å². The molecule has 15 heavy (non-hydrogen) atoms. The van der Waals surface area contributed by atoms with Crippen LogP contribution < -0.4 is 0 Å². The first-order chi connectivity index (χ1) is 7.20. The summed E-state index contributed by atoms with van der Waals surface area (Å²) in [6, 6.07) is 7.61. The van der Waals surface area contributed by atoms with Crippen molar-refractivity contribution in [2.75, 3.05) is 20.2 Å². The van der Waals surface area contributed by atoms with Crippen molar-refractivity contribution in [3.63, 3.8) is 0 Å². The van der Waals surface area contributed by atoms with Crippen molar-refractivity contribution in [1.29, 1.82) is 0 Å². The van der Waals surface area contributed by atoms with E-state index in [1.165, 1.54) is 0 Å². The number of hydrogen-bond donors (Lipinski definition) is 1. The van der Waals surface area contributed by atoms with E-state index in [9.17, 15) is 0 Å². The van der Waals surface area contributed by atoms with E-state index in [4.69, 9.17) is 21.4 Å². The maximum atomic E-state index is 9.03. The smallest absolute Gasteiger partial charge is 0.137 e. The van der Waals surface area contributed by atoms with Crippen molar-refractivity contribution < 1.29 is 9.84 Å². The number of aliphatic hydroxyl groups excluding tert-OH is 1. The SMILES string of the molecule is CN1CC(CO)OC1c1cccc(Cl)c1. The molecule has 0 aromatic heterocycles. The van der Waals surface area contributed by atoms with E-state index in [2.05, 4.69) is 4.90 Å². The molecule has 1 aliphatic rings. The van der Waals surface area contributed by atoms with Crippen molar-refractivity contribution in [2.24, 2.45) is 0 Å². The van der Waals surface area contributed by atoms with Crippen molar-refractivity contribution >= 4 is 11.6 Å². The van der Waals surface area contributed by atoms with Gasteiger partial charge in [-0.1, -0.05) is 23.7 Å². The van der Waals surface area contributed by atoms with Gasteiger partial charge in [0.25, 0.3) is 0 Å². The summed E-state index contributed by atoms with van der Waals surface area (Å²) in [6.45, 7) is 0.801. The second kappa shape index (κ2) is 4.49. The Balaban J connectivity index is 2.17. The molecule has 2 unspecified atom stereocenters. The molecular formula is C11H14ClNO2. The van der Waals surface area contributed by atoms with Gasteiger partial charge < -0.3 is 9.84 Å². The van der Waals surface area contributed by atoms with Crippen LogP contribution in [-0.4, -0.2) is 36.3 Å². The Bertz CT molecular complexity index is 345. The number of likely N-dealkylation sites (N-methyl/N-ethyl adjacent to an activating group) is 1. The van der Waals surface area contributed by atoms with E-state index >= 15 is 0 Å². The molecule has 1 fully saturated rings. The minimum atomic E-state index is -0.0982. The maximum Gasteiger partial charge on any atom is 0.137 e. The summed E-state index contributed by atoms with van der Waals surface area (Å²) in [5.74, 6) is 0. The van der Waals surface area contributed by atoms with Crippen LogP contribution in [-0.2, 0) is 4.74 Å². The van der Waals surface area contributed by atoms with Gasteiger partial charge in [-0.15, -0.1) is 0 Å². The number of aliphatic hydroxyl groups is 1. The van der Waals surface area contributed by atoms with Gasteiger partial charge in [0.05, 0.1) is 12.7 Å². The molecule has 3 nitrogen and oxygen atoms in total. The molecular weight excluding hydrogens is 214 g/mol. The molecule has 0 spiro atoms. The quantitative estimate of drug-likeness (QED) is 0.834. The molecule has 0 saturated carbocycles. The fourth-order valence-electron chi connectivity index (χ4n) is 1.84. The van der Waals surface area contributed by atoms with Crippen molar-refractivity contribution in [2.45, 2.75) is 12.3 Å². The molecule has 2 atom stereocenters. The van der Waals surface area contributed by atoms with E-state index in [0.717, 1.165) is 12.1 Å². The first-order valence-electron chi connectivity index (χ1n) is 4.92. The van der Waals surface area contributed by atoms with Gasteiger partial charge in [0.1, 0.15) is 6.23 Å². The molecule has 0 aliphatic carbocycles. The Morgan fingerprint density at radius 3 is 3.00 bits per heavy atom. The Kier molecular flexibility index (Phi) is 3.26. The lowest BCUT2D eigenvalue weighted by molar-refractivity contribution is -0.0138. The summed E-state index contributed by atoms with van der Waals surface area (Å²) in [4.78, 5) is 2.06. The van der Waals surface area contributed by atoms with E-state index in [1.54, 1.807) is 0 Å². The zero-order chi connectivity index (χ0) is 10.8. The van der Waals surface area contributed by atoms with Crippen LogP contribution in [0.3, 0.4) is 0 Å². The average molecular weight is 228 g/mol. The van der Waals surface area contributed by atoms with Gasteiger partial charge in [0.2, 0.25) is 0 Å². The average Bonchev–Trinajstić information content (AvgIpc) is 2.60. The summed E-state index contributed by atoms with van der Waals surface area (Å²) in [5, 5.41) is 9.73. The maximum absolute atomic E-state index is 9.03. The summed E-state index contributed by atoms with van der Waals surface area (Å²) in [6.07, 6.45) is -0.195. The largest absolute Gasteiger partial charge is 0.394 e. The van der Waals surface area contributed by atoms with Gasteiger partial charge >= 0.3 is 0 Å². The molecule has 1 aromatic rings. The highest BCUT2D eigenvalue weighted by molar-refractivity contribution is 6.30. The van der Waals surface area contributed by atoms with Gasteiger partial charge in [0, 0.05) is 11.6 Å². The Labute approximate surface area is 94.2 Å². The highest BCUT2D eigenvalue weighted by atomic mass is 35.5. The van der Waals surface area contributed by atoms with Gasteiger partial charge in [-0.05, 0) is 24.7 Å². The Morgan fingerprint density at radius 1 is 1.60 bits per heavy atom. The first-order valence-corrected chi connectivity index (χ1v) is 5.30. The van der Waals surface area contributed by atoms with Crippen LogP contribution >= 0.6 is 11.6 Å². The lowest BCUT2D eigenvalue weighted by atomic mass is 10.2. The summed E-state index contributed by atoms with van der Waals surface area (Å²) in [5.41, 5.74) is 1.03. The lowest BCUT2D eigenvalue weighted by Crippen LogP contribution is -2.20. The summed E-state index contributed by atoms with van der Waals surface area (Å²) in [7, 11) is 1.97. The van der Waals surface area contributed by atoms with Crippen molar-refractivity contribution in [1.82, 2.24) is 4.90 Å². The number of hydrogen-bond acceptors (Lipinski definition) is 3. The second-order valence-electron chi connectivity index (χ2n) is 3.79. The molecule has 1 heterocycles. The number of benzene rings is 1. The minimum Gasteiger partial charge on any atom is -0.394 e. The second-order valence-corrected chi connectivity index (χ2v) is 4.22. The third kappa shape index (κ3) is 2.32. The van der Waals surface area contributed by atoms with Gasteiger partial charge in [-0.25, -0.2) is 0 Å². The van der Waals surface area contributed by atoms with Crippen LogP contribution in [0.15, 0.2) is 24.3 Å². The Morgan fingerprint density at radius 2 is 2.40 bits per heavy atom. The predicted octanol–water partition coefficient (Wildman–Crippen LogP) is 1.66. The molecule has 0 amide bonds. The molecule has 4 heteroatoms. The van der Waals surface area contributed by atoms with Gasteiger partial charge in [-0.2, -0.15) is 0 Å². The third-order valence-electron chi connectivity index (χ3n) is 2.55. The molecule has 0 radical (unpaired) electrons. The number of nitrogens with zero attached hydrogens (tertiary/aromatic N) is 1. The fraction of sp³-hybridized carbons (Fsp3) is 0.455. The van der Waals surface area contributed by atoms with E-state index in [-0.39, 0.29) is 18.9 Å². The zero-order valence-corrected chi connectivity index (χ0v) is 9.31. The summed E-state index contributed by atoms with van der Waals surface area (Å²) < 4.78 is 5.68. The van der Waals surface area contributed by atoms with E-state index in [0.29, 0.717) is 5.02 Å². The molecule has 2 rings (SSSR count). The molecule has 0 bridgehead atoms. The van der Waals surface area contributed by atoms with E-state index in [1.807, 2.05) is 31.3 Å². The van der Waals surface area contributed by atoms with Gasteiger partial charge in [0.15, 0.2) is 0 Å². The molecule has 1 aromatic carbocycles. The monoisotopic (exact) mass is 227 g/mol. The van der Waals surface area contributed by atoms with Crippen LogP contribution in [0.4, 0.5) is 0 Å². The summed E-state index contributed by atoms with van der Waals surface area (Å²) >= 11 is 5.92. The van der Waals surface area contributed by atoms with Crippen molar-refractivity contribution in [3.05, 3.63) is 34.9 Å². The molecule has 1 aliphatic heterocycles. The standard InChI is InChI=1S/C11H14ClNO2/c1-13-6-10(7-14)15-11(13)8-3-2-4-9(12)5-8/h2-5,10-11,14H,6-7H2,1H3.